The Morgan fingerprint density at radius 1 is 1.35 bits per heavy atom. The van der Waals surface area contributed by atoms with E-state index < -0.39 is 17.7 Å². The van der Waals surface area contributed by atoms with Crippen molar-refractivity contribution in [1.29, 1.82) is 0 Å². The summed E-state index contributed by atoms with van der Waals surface area (Å²) < 4.78 is 15.0. The molecule has 5 nitrogen and oxygen atoms in total. The molecule has 2 fully saturated rings. The minimum atomic E-state index is -1.51. The Balaban J connectivity index is 1.87. The van der Waals surface area contributed by atoms with Crippen LogP contribution in [0.5, 0.6) is 0 Å². The summed E-state index contributed by atoms with van der Waals surface area (Å²) in [4.78, 5) is 12.5. The van der Waals surface area contributed by atoms with Gasteiger partial charge in [-0.2, -0.15) is 0 Å². The van der Waals surface area contributed by atoms with Gasteiger partial charge in [-0.15, -0.1) is 0 Å². The van der Waals surface area contributed by atoms with Gasteiger partial charge in [-0.1, -0.05) is 6.42 Å². The quantitative estimate of drug-likeness (QED) is 0.902. The average Bonchev–Trinajstić information content (AvgIpc) is 2.73. The molecule has 1 aliphatic heterocycles. The second-order valence-corrected chi connectivity index (χ2v) is 6.24. The number of nitrogens with zero attached hydrogens (tertiary/aromatic N) is 4. The van der Waals surface area contributed by atoms with Crippen LogP contribution in [0.4, 0.5) is 16.0 Å². The molecule has 0 radical (unpaired) electrons. The van der Waals surface area contributed by atoms with Crippen LogP contribution in [-0.4, -0.2) is 54.5 Å². The van der Waals surface area contributed by atoms with Gasteiger partial charge in [-0.3, -0.25) is 4.98 Å². The zero-order valence-corrected chi connectivity index (χ0v) is 12.0. The molecule has 20 heavy (non-hydrogen) atoms. The third kappa shape index (κ3) is 1.85. The molecule has 1 aliphatic carbocycles. The van der Waals surface area contributed by atoms with Crippen LogP contribution in [0.1, 0.15) is 19.3 Å². The van der Waals surface area contributed by atoms with Crippen LogP contribution in [0.2, 0.25) is 0 Å². The Morgan fingerprint density at radius 3 is 2.60 bits per heavy atom. The van der Waals surface area contributed by atoms with Crippen LogP contribution in [-0.2, 0) is 0 Å². The van der Waals surface area contributed by atoms with E-state index in [1.165, 1.54) is 0 Å². The molecule has 1 aromatic heterocycles. The fraction of sp³-hybridized carbons (Fsp3) is 0.714. The van der Waals surface area contributed by atoms with Gasteiger partial charge in [0.05, 0.1) is 25.5 Å². The molecule has 1 N–H and O–H groups in total. The summed E-state index contributed by atoms with van der Waals surface area (Å²) in [7, 11) is 3.80. The molecule has 110 valence electrons. The lowest BCUT2D eigenvalue weighted by atomic mass is 9.61. The second kappa shape index (κ2) is 4.55. The third-order valence-corrected chi connectivity index (χ3v) is 4.84. The van der Waals surface area contributed by atoms with Gasteiger partial charge in [0.25, 0.3) is 0 Å². The van der Waals surface area contributed by atoms with Crippen LogP contribution in [0, 0.1) is 5.41 Å². The Labute approximate surface area is 118 Å². The summed E-state index contributed by atoms with van der Waals surface area (Å²) in [5.74, 6) is 1.45. The Bertz CT molecular complexity index is 494. The molecular formula is C14H21FN4O. The van der Waals surface area contributed by atoms with Gasteiger partial charge in [0.15, 0.2) is 5.67 Å². The predicted molar refractivity (Wildman–Crippen MR) is 75.8 cm³/mol. The minimum Gasteiger partial charge on any atom is -0.393 e. The lowest BCUT2D eigenvalue weighted by Gasteiger charge is -2.45. The van der Waals surface area contributed by atoms with Crippen LogP contribution in [0.15, 0.2) is 12.4 Å². The molecule has 0 aromatic carbocycles. The number of rotatable bonds is 3. The first kappa shape index (κ1) is 13.5. The van der Waals surface area contributed by atoms with Crippen LogP contribution >= 0.6 is 0 Å². The van der Waals surface area contributed by atoms with E-state index in [0.29, 0.717) is 12.4 Å². The lowest BCUT2D eigenvalue weighted by molar-refractivity contribution is -0.0588. The molecule has 0 amide bonds. The van der Waals surface area contributed by atoms with Gasteiger partial charge in [0.2, 0.25) is 0 Å². The number of aliphatic hydroxyl groups excluding tert-OH is 1. The second-order valence-electron chi connectivity index (χ2n) is 6.24. The molecule has 1 aromatic rings. The van der Waals surface area contributed by atoms with Crippen molar-refractivity contribution in [2.45, 2.75) is 24.9 Å². The van der Waals surface area contributed by atoms with Crippen molar-refractivity contribution in [2.24, 2.45) is 5.41 Å². The molecule has 3 rings (SSSR count). The van der Waals surface area contributed by atoms with Gasteiger partial charge >= 0.3 is 0 Å². The van der Waals surface area contributed by atoms with Crippen molar-refractivity contribution in [1.82, 2.24) is 9.97 Å². The molecule has 0 bridgehead atoms. The Morgan fingerprint density at radius 2 is 2.10 bits per heavy atom. The van der Waals surface area contributed by atoms with Crippen molar-refractivity contribution < 1.29 is 9.50 Å². The van der Waals surface area contributed by atoms with Crippen LogP contribution < -0.4 is 9.80 Å². The summed E-state index contributed by atoms with van der Waals surface area (Å²) in [6, 6.07) is 0. The zero-order valence-electron chi connectivity index (χ0n) is 12.0. The average molecular weight is 280 g/mol. The fourth-order valence-corrected chi connectivity index (χ4v) is 3.34. The molecular weight excluding hydrogens is 259 g/mol. The third-order valence-electron chi connectivity index (χ3n) is 4.84. The van der Waals surface area contributed by atoms with E-state index in [9.17, 15) is 9.50 Å². The number of aliphatic hydroxyl groups is 1. The summed E-state index contributed by atoms with van der Waals surface area (Å²) in [6.07, 6.45) is 6.10. The smallest absolute Gasteiger partial charge is 0.158 e. The van der Waals surface area contributed by atoms with E-state index >= 15 is 0 Å². The molecule has 2 heterocycles. The van der Waals surface area contributed by atoms with Gasteiger partial charge < -0.3 is 14.9 Å². The zero-order chi connectivity index (χ0) is 14.4. The molecule has 1 saturated heterocycles. The SMILES string of the molecule is CN(C)c1cncc(N2CC(F)(CO)C3(CCC3)C2)n1. The first-order valence-corrected chi connectivity index (χ1v) is 7.04. The maximum absolute atomic E-state index is 15.0. The van der Waals surface area contributed by atoms with E-state index in [1.54, 1.807) is 12.4 Å². The predicted octanol–water partition coefficient (Wildman–Crippen LogP) is 1.23. The summed E-state index contributed by atoms with van der Waals surface area (Å²) in [6.45, 7) is 0.412. The largest absolute Gasteiger partial charge is 0.393 e. The normalized spacial score (nSPS) is 27.7. The highest BCUT2D eigenvalue weighted by atomic mass is 19.1. The van der Waals surface area contributed by atoms with Crippen molar-refractivity contribution in [2.75, 3.05) is 43.6 Å². The summed E-state index contributed by atoms with van der Waals surface area (Å²) in [5.41, 5.74) is -1.90. The number of alkyl halides is 1. The van der Waals surface area contributed by atoms with E-state index in [-0.39, 0.29) is 6.54 Å². The highest BCUT2D eigenvalue weighted by molar-refractivity contribution is 5.47. The van der Waals surface area contributed by atoms with Crippen molar-refractivity contribution >= 4 is 11.6 Å². The topological polar surface area (TPSA) is 52.5 Å². The highest BCUT2D eigenvalue weighted by Gasteiger charge is 2.61. The van der Waals surface area contributed by atoms with Gasteiger partial charge in [0, 0.05) is 26.1 Å². The van der Waals surface area contributed by atoms with Crippen LogP contribution in [0.3, 0.4) is 0 Å². The molecule has 1 atom stereocenters. The van der Waals surface area contributed by atoms with E-state index in [1.807, 2.05) is 23.9 Å². The maximum atomic E-state index is 15.0. The van der Waals surface area contributed by atoms with Crippen molar-refractivity contribution in [3.8, 4) is 0 Å². The molecule has 1 spiro atoms. The molecule has 1 saturated carbocycles. The standard InChI is InChI=1S/C14H21FN4O/c1-18(2)11-6-16-7-12(17-11)19-8-13(4-3-5-13)14(15,9-19)10-20/h6-7,20H,3-5,8-10H2,1-2H3. The van der Waals surface area contributed by atoms with Gasteiger partial charge in [-0.25, -0.2) is 9.37 Å². The van der Waals surface area contributed by atoms with Gasteiger partial charge in [-0.05, 0) is 12.8 Å². The number of anilines is 2. The summed E-state index contributed by atoms with van der Waals surface area (Å²) in [5, 5.41) is 9.49. The maximum Gasteiger partial charge on any atom is 0.158 e. The lowest BCUT2D eigenvalue weighted by Crippen LogP contribution is -2.50. The fourth-order valence-electron chi connectivity index (χ4n) is 3.34. The molecule has 2 aliphatic rings. The monoisotopic (exact) mass is 280 g/mol. The first-order valence-electron chi connectivity index (χ1n) is 7.04. The Kier molecular flexibility index (Phi) is 3.08. The number of hydrogen-bond acceptors (Lipinski definition) is 5. The molecule has 1 unspecified atom stereocenters. The highest BCUT2D eigenvalue weighted by Crippen LogP contribution is 2.55. The Hall–Kier alpha value is -1.43. The van der Waals surface area contributed by atoms with E-state index in [4.69, 9.17) is 0 Å². The van der Waals surface area contributed by atoms with Crippen LogP contribution in [0.25, 0.3) is 0 Å². The minimum absolute atomic E-state index is 0.203. The van der Waals surface area contributed by atoms with E-state index in [2.05, 4.69) is 9.97 Å². The molecule has 6 heteroatoms. The number of aromatic nitrogens is 2. The number of hydrogen-bond donors (Lipinski definition) is 1. The first-order chi connectivity index (χ1) is 9.50. The van der Waals surface area contributed by atoms with E-state index in [0.717, 1.165) is 25.1 Å². The number of halogens is 1. The van der Waals surface area contributed by atoms with Gasteiger partial charge in [0.1, 0.15) is 11.6 Å². The van der Waals surface area contributed by atoms with Crippen molar-refractivity contribution in [3.05, 3.63) is 12.4 Å². The summed E-state index contributed by atoms with van der Waals surface area (Å²) >= 11 is 0. The van der Waals surface area contributed by atoms with Crippen molar-refractivity contribution in [3.63, 3.8) is 0 Å².